The number of pyridine rings is 1. The molecule has 0 bridgehead atoms. The van der Waals surface area contributed by atoms with Crippen LogP contribution in [-0.4, -0.2) is 9.67 Å². The molecule has 0 fully saturated rings. The van der Waals surface area contributed by atoms with Crippen LogP contribution in [0.1, 0.15) is 12.5 Å². The van der Waals surface area contributed by atoms with E-state index in [4.69, 9.17) is 11.6 Å². The summed E-state index contributed by atoms with van der Waals surface area (Å²) in [4.78, 5) is 11.9. The van der Waals surface area contributed by atoms with Crippen LogP contribution < -0.4 is 5.56 Å². The third kappa shape index (κ3) is 1.39. The third-order valence-corrected chi connectivity index (χ3v) is 3.11. The fraction of sp³-hybridized carbons (Fsp3) is 0.250. The highest BCUT2D eigenvalue weighted by atomic mass is 35.5. The predicted molar refractivity (Wildman–Crippen MR) is 65.2 cm³/mol. The van der Waals surface area contributed by atoms with Crippen LogP contribution in [0.4, 0.5) is 0 Å². The quantitative estimate of drug-likeness (QED) is 0.828. The lowest BCUT2D eigenvalue weighted by Gasteiger charge is -2.11. The molecule has 0 radical (unpaired) electrons. The van der Waals surface area contributed by atoms with Gasteiger partial charge in [0.2, 0.25) is 0 Å². The Labute approximate surface area is 97.9 Å². The monoisotopic (exact) mass is 237 g/mol. The maximum Gasteiger partial charge on any atom is 0.257 e. The molecule has 0 amide bonds. The summed E-state index contributed by atoms with van der Waals surface area (Å²) in [5.74, 6) is 0.00574. The van der Waals surface area contributed by atoms with Gasteiger partial charge < -0.3 is 9.67 Å². The smallest absolute Gasteiger partial charge is 0.257 e. The number of rotatable bonds is 1. The van der Waals surface area contributed by atoms with Crippen molar-refractivity contribution in [1.29, 1.82) is 0 Å². The number of benzene rings is 1. The molecular weight excluding hydrogens is 226 g/mol. The molecule has 84 valence electrons. The van der Waals surface area contributed by atoms with Gasteiger partial charge in [0.1, 0.15) is 5.75 Å². The van der Waals surface area contributed by atoms with Crippen LogP contribution >= 0.6 is 11.6 Å². The van der Waals surface area contributed by atoms with Crippen LogP contribution in [0.3, 0.4) is 0 Å². The summed E-state index contributed by atoms with van der Waals surface area (Å²) in [5, 5.41) is 11.0. The van der Waals surface area contributed by atoms with Crippen LogP contribution in [0.2, 0.25) is 5.02 Å². The zero-order chi connectivity index (χ0) is 11.9. The maximum absolute atomic E-state index is 11.9. The fourth-order valence-electron chi connectivity index (χ4n) is 1.91. The number of aryl methyl sites for hydroxylation is 1. The summed E-state index contributed by atoms with van der Waals surface area (Å²) in [6.07, 6.45) is 0.486. The van der Waals surface area contributed by atoms with Gasteiger partial charge in [0.05, 0.1) is 21.5 Å². The van der Waals surface area contributed by atoms with Crippen molar-refractivity contribution in [3.8, 4) is 5.75 Å². The van der Waals surface area contributed by atoms with Crippen LogP contribution in [0.25, 0.3) is 10.9 Å². The first-order chi connectivity index (χ1) is 7.57. The van der Waals surface area contributed by atoms with Gasteiger partial charge in [-0.05, 0) is 18.6 Å². The molecule has 0 aliphatic carbocycles. The van der Waals surface area contributed by atoms with E-state index in [-0.39, 0.29) is 11.3 Å². The van der Waals surface area contributed by atoms with E-state index in [0.29, 0.717) is 27.9 Å². The molecule has 2 aromatic rings. The van der Waals surface area contributed by atoms with Crippen molar-refractivity contribution in [2.24, 2.45) is 7.05 Å². The van der Waals surface area contributed by atoms with Gasteiger partial charge in [-0.3, -0.25) is 4.79 Å². The molecule has 4 heteroatoms. The van der Waals surface area contributed by atoms with Crippen molar-refractivity contribution in [3.05, 3.63) is 39.1 Å². The van der Waals surface area contributed by atoms with Crippen LogP contribution in [0.5, 0.6) is 5.75 Å². The minimum Gasteiger partial charge on any atom is -0.507 e. The van der Waals surface area contributed by atoms with Gasteiger partial charge in [0.25, 0.3) is 5.56 Å². The molecule has 0 saturated carbocycles. The van der Waals surface area contributed by atoms with Gasteiger partial charge in [0.15, 0.2) is 0 Å². The number of aromatic nitrogens is 1. The van der Waals surface area contributed by atoms with Crippen molar-refractivity contribution in [2.75, 3.05) is 0 Å². The molecule has 3 nitrogen and oxygen atoms in total. The minimum absolute atomic E-state index is 0.00574. The lowest BCUT2D eigenvalue weighted by atomic mass is 10.1. The number of nitrogens with zero attached hydrogens (tertiary/aromatic N) is 1. The molecule has 1 N–H and O–H groups in total. The molecular formula is C12H12ClNO2. The summed E-state index contributed by atoms with van der Waals surface area (Å²) in [6, 6.07) is 5.23. The summed E-state index contributed by atoms with van der Waals surface area (Å²) in [7, 11) is 1.68. The van der Waals surface area contributed by atoms with E-state index in [1.54, 1.807) is 25.2 Å². The Morgan fingerprint density at radius 3 is 2.75 bits per heavy atom. The predicted octanol–water partition coefficient (Wildman–Crippen LogP) is 2.46. The average Bonchev–Trinajstić information content (AvgIpc) is 2.26. The van der Waals surface area contributed by atoms with Crippen molar-refractivity contribution in [1.82, 2.24) is 4.57 Å². The molecule has 2 rings (SSSR count). The standard InChI is InChI=1S/C12H12ClNO2/c1-3-7-11(15)10-8(13)5-4-6-9(10)14(2)12(7)16/h4-6,15H,3H2,1-2H3. The van der Waals surface area contributed by atoms with Crippen molar-refractivity contribution in [3.63, 3.8) is 0 Å². The van der Waals surface area contributed by atoms with Gasteiger partial charge in [0, 0.05) is 7.05 Å². The van der Waals surface area contributed by atoms with Crippen LogP contribution in [0, 0.1) is 0 Å². The lowest BCUT2D eigenvalue weighted by molar-refractivity contribution is 0.472. The topological polar surface area (TPSA) is 42.2 Å². The Balaban J connectivity index is 3.09. The Bertz CT molecular complexity index is 616. The number of hydrogen-bond donors (Lipinski definition) is 1. The Kier molecular flexibility index (Phi) is 2.64. The molecule has 0 spiro atoms. The van der Waals surface area contributed by atoms with Crippen LogP contribution in [0.15, 0.2) is 23.0 Å². The molecule has 0 aliphatic heterocycles. The number of fused-ring (bicyclic) bond motifs is 1. The third-order valence-electron chi connectivity index (χ3n) is 2.79. The average molecular weight is 238 g/mol. The van der Waals surface area contributed by atoms with E-state index in [0.717, 1.165) is 0 Å². The highest BCUT2D eigenvalue weighted by Gasteiger charge is 2.14. The van der Waals surface area contributed by atoms with E-state index in [2.05, 4.69) is 0 Å². The van der Waals surface area contributed by atoms with E-state index in [1.165, 1.54) is 4.57 Å². The van der Waals surface area contributed by atoms with Gasteiger partial charge in [-0.2, -0.15) is 0 Å². The van der Waals surface area contributed by atoms with E-state index in [9.17, 15) is 9.90 Å². The second kappa shape index (κ2) is 3.83. The molecule has 0 aliphatic rings. The zero-order valence-electron chi connectivity index (χ0n) is 9.12. The summed E-state index contributed by atoms with van der Waals surface area (Å²) in [6.45, 7) is 1.83. The molecule has 0 atom stereocenters. The van der Waals surface area contributed by atoms with E-state index < -0.39 is 0 Å². The van der Waals surface area contributed by atoms with E-state index >= 15 is 0 Å². The SMILES string of the molecule is CCc1c(O)c2c(Cl)cccc2n(C)c1=O. The van der Waals surface area contributed by atoms with E-state index in [1.807, 2.05) is 6.92 Å². The minimum atomic E-state index is -0.172. The Morgan fingerprint density at radius 1 is 1.44 bits per heavy atom. The molecule has 0 saturated heterocycles. The Hall–Kier alpha value is -1.48. The van der Waals surface area contributed by atoms with Crippen molar-refractivity contribution >= 4 is 22.5 Å². The van der Waals surface area contributed by atoms with Crippen LogP contribution in [-0.2, 0) is 13.5 Å². The molecule has 1 aromatic carbocycles. The number of hydrogen-bond acceptors (Lipinski definition) is 2. The highest BCUT2D eigenvalue weighted by molar-refractivity contribution is 6.36. The number of halogens is 1. The summed E-state index contributed by atoms with van der Waals surface area (Å²) >= 11 is 6.04. The highest BCUT2D eigenvalue weighted by Crippen LogP contribution is 2.32. The first-order valence-corrected chi connectivity index (χ1v) is 5.44. The molecule has 1 heterocycles. The van der Waals surface area contributed by atoms with Crippen molar-refractivity contribution in [2.45, 2.75) is 13.3 Å². The molecule has 1 aromatic heterocycles. The molecule has 16 heavy (non-hydrogen) atoms. The second-order valence-corrected chi connectivity index (χ2v) is 4.09. The molecule has 0 unspecified atom stereocenters. The summed E-state index contributed by atoms with van der Waals surface area (Å²) < 4.78 is 1.51. The Morgan fingerprint density at radius 2 is 2.12 bits per heavy atom. The first kappa shape index (κ1) is 11.0. The first-order valence-electron chi connectivity index (χ1n) is 5.07. The number of aromatic hydroxyl groups is 1. The van der Waals surface area contributed by atoms with Gasteiger partial charge in [-0.25, -0.2) is 0 Å². The van der Waals surface area contributed by atoms with Gasteiger partial charge in [-0.15, -0.1) is 0 Å². The fourth-order valence-corrected chi connectivity index (χ4v) is 2.17. The van der Waals surface area contributed by atoms with Crippen molar-refractivity contribution < 1.29 is 5.11 Å². The second-order valence-electron chi connectivity index (χ2n) is 3.68. The zero-order valence-corrected chi connectivity index (χ0v) is 9.88. The largest absolute Gasteiger partial charge is 0.507 e. The maximum atomic E-state index is 11.9. The normalized spacial score (nSPS) is 10.9. The summed E-state index contributed by atoms with van der Waals surface area (Å²) in [5.41, 5.74) is 0.880. The lowest BCUT2D eigenvalue weighted by Crippen LogP contribution is -2.21. The van der Waals surface area contributed by atoms with Gasteiger partial charge in [-0.1, -0.05) is 24.6 Å². The van der Waals surface area contributed by atoms with Gasteiger partial charge >= 0.3 is 0 Å².